The first-order valence-electron chi connectivity index (χ1n) is 6.43. The van der Waals surface area contributed by atoms with E-state index in [1.54, 1.807) is 12.1 Å². The third kappa shape index (κ3) is 4.68. The van der Waals surface area contributed by atoms with Crippen LogP contribution in [-0.2, 0) is 0 Å². The van der Waals surface area contributed by atoms with Gasteiger partial charge in [-0.2, -0.15) is 0 Å². The van der Waals surface area contributed by atoms with Gasteiger partial charge in [0.15, 0.2) is 5.96 Å². The van der Waals surface area contributed by atoms with Crippen molar-refractivity contribution >= 4 is 29.9 Å². The smallest absolute Gasteiger partial charge is 0.191 e. The first-order chi connectivity index (χ1) is 8.66. The van der Waals surface area contributed by atoms with Gasteiger partial charge in [-0.25, -0.2) is 0 Å². The van der Waals surface area contributed by atoms with Gasteiger partial charge in [-0.3, -0.25) is 4.99 Å². The SMILES string of the molecule is CC1CCN(C(N)=NCC(O)c2ccco2)CC1.I. The lowest BCUT2D eigenvalue weighted by Gasteiger charge is -2.31. The maximum atomic E-state index is 9.82. The predicted molar refractivity (Wildman–Crippen MR) is 85.5 cm³/mol. The fraction of sp³-hybridized carbons (Fsp3) is 0.615. The minimum Gasteiger partial charge on any atom is -0.467 e. The number of hydrogen-bond donors (Lipinski definition) is 2. The van der Waals surface area contributed by atoms with Crippen LogP contribution in [0.1, 0.15) is 31.6 Å². The van der Waals surface area contributed by atoms with Crippen molar-refractivity contribution in [3.8, 4) is 0 Å². The first kappa shape index (κ1) is 16.3. The lowest BCUT2D eigenvalue weighted by atomic mass is 10.00. The van der Waals surface area contributed by atoms with Crippen LogP contribution in [-0.4, -0.2) is 35.6 Å². The topological polar surface area (TPSA) is 75.0 Å². The molecule has 1 aliphatic heterocycles. The highest BCUT2D eigenvalue weighted by molar-refractivity contribution is 14.0. The van der Waals surface area contributed by atoms with E-state index in [1.165, 1.54) is 6.26 Å². The molecule has 2 heterocycles. The van der Waals surface area contributed by atoms with E-state index in [0.717, 1.165) is 31.8 Å². The zero-order valence-corrected chi connectivity index (χ0v) is 13.5. The van der Waals surface area contributed by atoms with Crippen molar-refractivity contribution in [2.75, 3.05) is 19.6 Å². The van der Waals surface area contributed by atoms with E-state index in [2.05, 4.69) is 16.8 Å². The summed E-state index contributed by atoms with van der Waals surface area (Å²) in [5.74, 6) is 1.81. The molecular weight excluding hydrogens is 357 g/mol. The Morgan fingerprint density at radius 1 is 1.58 bits per heavy atom. The normalized spacial score (nSPS) is 19.1. The molecule has 3 N–H and O–H groups in total. The van der Waals surface area contributed by atoms with Gasteiger partial charge in [0.05, 0.1) is 12.8 Å². The van der Waals surface area contributed by atoms with Crippen molar-refractivity contribution in [3.05, 3.63) is 24.2 Å². The van der Waals surface area contributed by atoms with E-state index in [1.807, 2.05) is 0 Å². The largest absolute Gasteiger partial charge is 0.467 e. The molecule has 0 bridgehead atoms. The number of nitrogens with two attached hydrogens (primary N) is 1. The summed E-state index contributed by atoms with van der Waals surface area (Å²) in [6.07, 6.45) is 3.12. The fourth-order valence-electron chi connectivity index (χ4n) is 2.09. The number of aliphatic imine (C=N–C) groups is 1. The van der Waals surface area contributed by atoms with Crippen LogP contribution in [0.4, 0.5) is 0 Å². The number of guanidine groups is 1. The molecule has 0 amide bonds. The van der Waals surface area contributed by atoms with Gasteiger partial charge < -0.3 is 20.2 Å². The first-order valence-corrected chi connectivity index (χ1v) is 6.43. The molecular formula is C13H22IN3O2. The van der Waals surface area contributed by atoms with Crippen molar-refractivity contribution < 1.29 is 9.52 Å². The molecule has 1 saturated heterocycles. The van der Waals surface area contributed by atoms with Gasteiger partial charge in [0, 0.05) is 13.1 Å². The van der Waals surface area contributed by atoms with Crippen LogP contribution in [0.15, 0.2) is 27.8 Å². The van der Waals surface area contributed by atoms with Crippen LogP contribution >= 0.6 is 24.0 Å². The molecule has 1 aliphatic rings. The zero-order valence-electron chi connectivity index (χ0n) is 11.2. The average molecular weight is 379 g/mol. The Balaban J connectivity index is 0.00000180. The van der Waals surface area contributed by atoms with Crippen LogP contribution in [0, 0.1) is 5.92 Å². The third-order valence-electron chi connectivity index (χ3n) is 3.41. The Kier molecular flexibility index (Phi) is 6.64. The second kappa shape index (κ2) is 7.74. The second-order valence-corrected chi connectivity index (χ2v) is 4.90. The molecule has 0 spiro atoms. The molecule has 2 rings (SSSR count). The number of nitrogens with zero attached hydrogens (tertiary/aromatic N) is 2. The maximum Gasteiger partial charge on any atom is 0.191 e. The molecule has 1 atom stereocenters. The molecule has 1 aromatic heterocycles. The number of aliphatic hydroxyl groups is 1. The zero-order chi connectivity index (χ0) is 13.0. The summed E-state index contributed by atoms with van der Waals surface area (Å²) in [6.45, 7) is 4.40. The van der Waals surface area contributed by atoms with Gasteiger partial charge in [0.1, 0.15) is 11.9 Å². The number of likely N-dealkylation sites (tertiary alicyclic amines) is 1. The Morgan fingerprint density at radius 3 is 2.84 bits per heavy atom. The minimum absolute atomic E-state index is 0. The molecule has 0 aliphatic carbocycles. The molecule has 6 heteroatoms. The highest BCUT2D eigenvalue weighted by atomic mass is 127. The standard InChI is InChI=1S/C13H21N3O2.HI/c1-10-4-6-16(7-5-10)13(14)15-9-11(17)12-3-2-8-18-12;/h2-3,8,10-11,17H,4-7,9H2,1H3,(H2,14,15);1H. The molecule has 1 fully saturated rings. The van der Waals surface area contributed by atoms with Crippen molar-refractivity contribution in [2.45, 2.75) is 25.9 Å². The Morgan fingerprint density at radius 2 is 2.26 bits per heavy atom. The predicted octanol–water partition coefficient (Wildman–Crippen LogP) is 1.98. The van der Waals surface area contributed by atoms with Crippen molar-refractivity contribution in [1.29, 1.82) is 0 Å². The molecule has 0 saturated carbocycles. The van der Waals surface area contributed by atoms with Crippen LogP contribution in [0.2, 0.25) is 0 Å². The molecule has 0 aromatic carbocycles. The summed E-state index contributed by atoms with van der Waals surface area (Å²) in [5.41, 5.74) is 5.93. The lowest BCUT2D eigenvalue weighted by molar-refractivity contribution is 0.158. The van der Waals surface area contributed by atoms with Gasteiger partial charge in [-0.1, -0.05) is 6.92 Å². The van der Waals surface area contributed by atoms with Gasteiger partial charge >= 0.3 is 0 Å². The van der Waals surface area contributed by atoms with Gasteiger partial charge in [0.2, 0.25) is 0 Å². The average Bonchev–Trinajstić information content (AvgIpc) is 2.90. The summed E-state index contributed by atoms with van der Waals surface area (Å²) >= 11 is 0. The molecule has 108 valence electrons. The van der Waals surface area contributed by atoms with E-state index < -0.39 is 6.10 Å². The molecule has 1 aromatic rings. The molecule has 19 heavy (non-hydrogen) atoms. The van der Waals surface area contributed by atoms with Gasteiger partial charge in [-0.05, 0) is 30.9 Å². The van der Waals surface area contributed by atoms with Crippen molar-refractivity contribution in [2.24, 2.45) is 16.6 Å². The number of piperidine rings is 1. The number of aliphatic hydroxyl groups excluding tert-OH is 1. The van der Waals surface area contributed by atoms with E-state index >= 15 is 0 Å². The number of halogens is 1. The van der Waals surface area contributed by atoms with Gasteiger partial charge in [0.25, 0.3) is 0 Å². The van der Waals surface area contributed by atoms with Crippen molar-refractivity contribution in [3.63, 3.8) is 0 Å². The lowest BCUT2D eigenvalue weighted by Crippen LogP contribution is -2.42. The number of rotatable bonds is 3. The van der Waals surface area contributed by atoms with E-state index in [9.17, 15) is 5.11 Å². The monoisotopic (exact) mass is 379 g/mol. The quantitative estimate of drug-likeness (QED) is 0.479. The summed E-state index contributed by atoms with van der Waals surface area (Å²) < 4.78 is 5.11. The summed E-state index contributed by atoms with van der Waals surface area (Å²) in [6, 6.07) is 3.48. The number of hydrogen-bond acceptors (Lipinski definition) is 3. The fourth-order valence-corrected chi connectivity index (χ4v) is 2.09. The van der Waals surface area contributed by atoms with Crippen LogP contribution in [0.5, 0.6) is 0 Å². The van der Waals surface area contributed by atoms with Crippen LogP contribution in [0.3, 0.4) is 0 Å². The number of furan rings is 1. The van der Waals surface area contributed by atoms with Crippen molar-refractivity contribution in [1.82, 2.24) is 4.90 Å². The van der Waals surface area contributed by atoms with E-state index in [0.29, 0.717) is 11.7 Å². The summed E-state index contributed by atoms with van der Waals surface area (Å²) in [5, 5.41) is 9.82. The van der Waals surface area contributed by atoms with Gasteiger partial charge in [-0.15, -0.1) is 24.0 Å². The van der Waals surface area contributed by atoms with E-state index in [4.69, 9.17) is 10.2 Å². The van der Waals surface area contributed by atoms with Crippen LogP contribution < -0.4 is 5.73 Å². The second-order valence-electron chi connectivity index (χ2n) is 4.90. The molecule has 0 radical (unpaired) electrons. The summed E-state index contributed by atoms with van der Waals surface area (Å²) in [4.78, 5) is 6.32. The minimum atomic E-state index is -0.720. The highest BCUT2D eigenvalue weighted by Gasteiger charge is 2.17. The highest BCUT2D eigenvalue weighted by Crippen LogP contribution is 2.16. The Bertz CT molecular complexity index is 387. The summed E-state index contributed by atoms with van der Waals surface area (Å²) in [7, 11) is 0. The Hall–Kier alpha value is -0.760. The Labute approximate surface area is 130 Å². The molecule has 1 unspecified atom stereocenters. The van der Waals surface area contributed by atoms with Crippen LogP contribution in [0.25, 0.3) is 0 Å². The third-order valence-corrected chi connectivity index (χ3v) is 3.41. The maximum absolute atomic E-state index is 9.82. The molecule has 5 nitrogen and oxygen atoms in total. The van der Waals surface area contributed by atoms with E-state index in [-0.39, 0.29) is 30.5 Å².